The van der Waals surface area contributed by atoms with Gasteiger partial charge in [0.25, 0.3) is 11.8 Å². The minimum Gasteiger partial charge on any atom is -0.497 e. The third-order valence-electron chi connectivity index (χ3n) is 4.85. The summed E-state index contributed by atoms with van der Waals surface area (Å²) in [5.74, 6) is 0.443. The van der Waals surface area contributed by atoms with Crippen molar-refractivity contribution in [2.45, 2.75) is 52.1 Å². The first kappa shape index (κ1) is 18.9. The van der Waals surface area contributed by atoms with Crippen molar-refractivity contribution < 1.29 is 14.3 Å². The zero-order valence-electron chi connectivity index (χ0n) is 16.0. The fourth-order valence-electron chi connectivity index (χ4n) is 3.18. The van der Waals surface area contributed by atoms with Gasteiger partial charge in [-0.1, -0.05) is 13.0 Å². The first-order valence-corrected chi connectivity index (χ1v) is 9.39. The van der Waals surface area contributed by atoms with Crippen LogP contribution in [0.15, 0.2) is 24.3 Å². The second-order valence-corrected chi connectivity index (χ2v) is 6.81. The molecule has 0 saturated heterocycles. The van der Waals surface area contributed by atoms with Gasteiger partial charge in [-0.25, -0.2) is 4.98 Å². The van der Waals surface area contributed by atoms with Crippen LogP contribution in [-0.2, 0) is 13.0 Å². The van der Waals surface area contributed by atoms with Gasteiger partial charge in [0.1, 0.15) is 5.75 Å². The Bertz CT molecular complexity index is 844. The number of amides is 2. The van der Waals surface area contributed by atoms with E-state index in [0.29, 0.717) is 29.5 Å². The first-order valence-electron chi connectivity index (χ1n) is 9.39. The highest BCUT2D eigenvalue weighted by molar-refractivity contribution is 6.05. The number of methoxy groups -OCH3 is 1. The Morgan fingerprint density at radius 2 is 2.11 bits per heavy atom. The Balaban J connectivity index is 1.88. The van der Waals surface area contributed by atoms with Crippen molar-refractivity contribution in [2.75, 3.05) is 12.4 Å². The van der Waals surface area contributed by atoms with E-state index >= 15 is 0 Å². The summed E-state index contributed by atoms with van der Waals surface area (Å²) in [6.45, 7) is 4.67. The lowest BCUT2D eigenvalue weighted by Gasteiger charge is -2.18. The number of carbonyl (C=O) groups excluding carboxylic acids is 2. The number of carbonyl (C=O) groups is 2. The van der Waals surface area contributed by atoms with Crippen molar-refractivity contribution in [1.29, 1.82) is 0 Å². The number of nitrogens with one attached hydrogen (secondary N) is 2. The van der Waals surface area contributed by atoms with Crippen LogP contribution in [0.4, 0.5) is 5.69 Å². The summed E-state index contributed by atoms with van der Waals surface area (Å²) in [6, 6.07) is 7.22. The van der Waals surface area contributed by atoms with E-state index < -0.39 is 0 Å². The Hall–Kier alpha value is -2.83. The van der Waals surface area contributed by atoms with Crippen LogP contribution in [0.1, 0.15) is 59.9 Å². The molecule has 1 aliphatic heterocycles. The number of benzene rings is 1. The number of hydrogen-bond donors (Lipinski definition) is 2. The van der Waals surface area contributed by atoms with Gasteiger partial charge in [0.2, 0.25) is 0 Å². The topological polar surface area (TPSA) is 85.2 Å². The molecule has 2 aromatic rings. The van der Waals surface area contributed by atoms with E-state index in [-0.39, 0.29) is 17.9 Å². The molecule has 144 valence electrons. The third kappa shape index (κ3) is 4.13. The summed E-state index contributed by atoms with van der Waals surface area (Å²) >= 11 is 0. The molecule has 0 saturated carbocycles. The SMILES string of the molecule is CCC(C)NC(=O)c1nc(C(=O)Nc2cccc(OC)c2)c2n1CCCC2. The van der Waals surface area contributed by atoms with Gasteiger partial charge in [-0.2, -0.15) is 0 Å². The third-order valence-corrected chi connectivity index (χ3v) is 4.85. The van der Waals surface area contributed by atoms with Gasteiger partial charge in [0.15, 0.2) is 11.5 Å². The van der Waals surface area contributed by atoms with E-state index in [1.807, 2.05) is 30.5 Å². The van der Waals surface area contributed by atoms with Crippen molar-refractivity contribution >= 4 is 17.5 Å². The molecule has 0 spiro atoms. The highest BCUT2D eigenvalue weighted by Gasteiger charge is 2.27. The highest BCUT2D eigenvalue weighted by atomic mass is 16.5. The summed E-state index contributed by atoms with van der Waals surface area (Å²) in [6.07, 6.45) is 3.54. The lowest BCUT2D eigenvalue weighted by Crippen LogP contribution is -2.34. The van der Waals surface area contributed by atoms with Crippen molar-refractivity contribution in [2.24, 2.45) is 0 Å². The van der Waals surface area contributed by atoms with Crippen LogP contribution < -0.4 is 15.4 Å². The molecule has 3 rings (SSSR count). The van der Waals surface area contributed by atoms with Gasteiger partial charge in [-0.15, -0.1) is 0 Å². The van der Waals surface area contributed by atoms with Gasteiger partial charge in [0, 0.05) is 24.3 Å². The van der Waals surface area contributed by atoms with E-state index in [0.717, 1.165) is 31.4 Å². The quantitative estimate of drug-likeness (QED) is 0.818. The molecule has 1 unspecified atom stereocenters. The average molecular weight is 370 g/mol. The summed E-state index contributed by atoms with van der Waals surface area (Å²) in [7, 11) is 1.58. The smallest absolute Gasteiger partial charge is 0.287 e. The Morgan fingerprint density at radius 3 is 2.85 bits per heavy atom. The van der Waals surface area contributed by atoms with E-state index in [4.69, 9.17) is 4.74 Å². The molecule has 1 aliphatic rings. The van der Waals surface area contributed by atoms with E-state index in [1.54, 1.807) is 19.2 Å². The maximum absolute atomic E-state index is 12.8. The standard InChI is InChI=1S/C20H26N4O3/c1-4-13(2)21-20(26)18-23-17(16-10-5-6-11-24(16)18)19(25)22-14-8-7-9-15(12-14)27-3/h7-9,12-13H,4-6,10-11H2,1-3H3,(H,21,26)(H,22,25). The molecule has 7 nitrogen and oxygen atoms in total. The number of ether oxygens (including phenoxy) is 1. The lowest BCUT2D eigenvalue weighted by molar-refractivity contribution is 0.0923. The highest BCUT2D eigenvalue weighted by Crippen LogP contribution is 2.23. The number of hydrogen-bond acceptors (Lipinski definition) is 4. The summed E-state index contributed by atoms with van der Waals surface area (Å²) in [5, 5.41) is 5.80. The maximum atomic E-state index is 12.8. The molecule has 7 heteroatoms. The van der Waals surface area contributed by atoms with Crippen LogP contribution in [0.3, 0.4) is 0 Å². The van der Waals surface area contributed by atoms with Gasteiger partial charge < -0.3 is 19.9 Å². The van der Waals surface area contributed by atoms with Crippen molar-refractivity contribution in [1.82, 2.24) is 14.9 Å². The zero-order chi connectivity index (χ0) is 19.4. The Labute approximate surface area is 159 Å². The number of imidazole rings is 1. The molecule has 2 amide bonds. The van der Waals surface area contributed by atoms with Crippen LogP contribution >= 0.6 is 0 Å². The normalized spacial score (nSPS) is 14.2. The van der Waals surface area contributed by atoms with E-state index in [1.165, 1.54) is 0 Å². The Morgan fingerprint density at radius 1 is 1.30 bits per heavy atom. The minimum atomic E-state index is -0.309. The predicted octanol–water partition coefficient (Wildman–Crippen LogP) is 3.01. The number of rotatable bonds is 6. The molecule has 0 radical (unpaired) electrons. The maximum Gasteiger partial charge on any atom is 0.287 e. The molecule has 2 heterocycles. The minimum absolute atomic E-state index is 0.0584. The van der Waals surface area contributed by atoms with Crippen LogP contribution in [-0.4, -0.2) is 34.5 Å². The fraction of sp³-hybridized carbons (Fsp3) is 0.450. The number of fused-ring (bicyclic) bond motifs is 1. The monoisotopic (exact) mass is 370 g/mol. The first-order chi connectivity index (χ1) is 13.0. The zero-order valence-corrected chi connectivity index (χ0v) is 16.0. The van der Waals surface area contributed by atoms with Gasteiger partial charge in [0.05, 0.1) is 12.8 Å². The average Bonchev–Trinajstić information content (AvgIpc) is 3.08. The molecule has 1 atom stereocenters. The molecule has 0 aliphatic carbocycles. The van der Waals surface area contributed by atoms with E-state index in [9.17, 15) is 9.59 Å². The van der Waals surface area contributed by atoms with Crippen LogP contribution in [0, 0.1) is 0 Å². The molecule has 0 bridgehead atoms. The van der Waals surface area contributed by atoms with Crippen molar-refractivity contribution in [3.63, 3.8) is 0 Å². The Kier molecular flexibility index (Phi) is 5.78. The van der Waals surface area contributed by atoms with Crippen molar-refractivity contribution in [3.8, 4) is 5.75 Å². The van der Waals surface area contributed by atoms with Gasteiger partial charge in [-0.3, -0.25) is 9.59 Å². The fourth-order valence-corrected chi connectivity index (χ4v) is 3.18. The van der Waals surface area contributed by atoms with Crippen LogP contribution in [0.25, 0.3) is 0 Å². The second kappa shape index (κ2) is 8.24. The number of anilines is 1. The summed E-state index contributed by atoms with van der Waals surface area (Å²) in [4.78, 5) is 29.9. The largest absolute Gasteiger partial charge is 0.497 e. The second-order valence-electron chi connectivity index (χ2n) is 6.81. The number of aromatic nitrogens is 2. The van der Waals surface area contributed by atoms with Gasteiger partial charge >= 0.3 is 0 Å². The molecule has 27 heavy (non-hydrogen) atoms. The molecule has 2 N–H and O–H groups in total. The van der Waals surface area contributed by atoms with Gasteiger partial charge in [-0.05, 0) is 44.7 Å². The van der Waals surface area contributed by atoms with Crippen molar-refractivity contribution in [3.05, 3.63) is 41.5 Å². The number of nitrogens with zero attached hydrogens (tertiary/aromatic N) is 2. The van der Waals surface area contributed by atoms with Crippen LogP contribution in [0.2, 0.25) is 0 Å². The summed E-state index contributed by atoms with van der Waals surface area (Å²) in [5.41, 5.74) is 1.78. The lowest BCUT2D eigenvalue weighted by atomic mass is 10.1. The van der Waals surface area contributed by atoms with E-state index in [2.05, 4.69) is 15.6 Å². The van der Waals surface area contributed by atoms with Crippen LogP contribution in [0.5, 0.6) is 5.75 Å². The predicted molar refractivity (Wildman–Crippen MR) is 103 cm³/mol. The molecular formula is C20H26N4O3. The molecular weight excluding hydrogens is 344 g/mol. The summed E-state index contributed by atoms with van der Waals surface area (Å²) < 4.78 is 7.08. The molecule has 0 fully saturated rings. The molecule has 1 aromatic heterocycles. The molecule has 1 aromatic carbocycles.